The first kappa shape index (κ1) is 14.9. The normalized spacial score (nSPS) is 14.9. The Balaban J connectivity index is 4.35. The predicted octanol–water partition coefficient (Wildman–Crippen LogP) is 0.552. The monoisotopic (exact) mass is 230 g/mol. The fraction of sp³-hybridized carbons (Fsp3) is 0.818. The third-order valence-corrected chi connectivity index (χ3v) is 2.37. The van der Waals surface area contributed by atoms with Crippen LogP contribution in [0.2, 0.25) is 0 Å². The molecule has 0 aromatic heterocycles. The van der Waals surface area contributed by atoms with Crippen molar-refractivity contribution in [2.24, 2.45) is 5.92 Å². The molecule has 0 radical (unpaired) electrons. The van der Waals surface area contributed by atoms with Crippen LogP contribution in [0.4, 0.5) is 0 Å². The quantitative estimate of drug-likeness (QED) is 0.699. The number of aliphatic carboxylic acids is 1. The first-order valence-electron chi connectivity index (χ1n) is 5.45. The van der Waals surface area contributed by atoms with Crippen LogP contribution in [0.5, 0.6) is 0 Å². The van der Waals surface area contributed by atoms with Gasteiger partial charge >= 0.3 is 5.97 Å². The first-order valence-corrected chi connectivity index (χ1v) is 5.45. The van der Waals surface area contributed by atoms with Crippen molar-refractivity contribution in [3.05, 3.63) is 0 Å². The lowest BCUT2D eigenvalue weighted by atomic mass is 10.0. The Bertz CT molecular complexity index is 254. The molecule has 0 bridgehead atoms. The van der Waals surface area contributed by atoms with Crippen molar-refractivity contribution in [3.8, 4) is 0 Å². The van der Waals surface area contributed by atoms with E-state index < -0.39 is 12.0 Å². The molecule has 5 nitrogen and oxygen atoms in total. The Morgan fingerprint density at radius 2 is 1.81 bits per heavy atom. The van der Waals surface area contributed by atoms with Crippen LogP contribution in [-0.2, 0) is 9.59 Å². The van der Waals surface area contributed by atoms with Gasteiger partial charge in [-0.15, -0.1) is 0 Å². The average molecular weight is 230 g/mol. The Hall–Kier alpha value is -1.10. The van der Waals surface area contributed by atoms with Crippen LogP contribution in [0.25, 0.3) is 0 Å². The summed E-state index contributed by atoms with van der Waals surface area (Å²) in [5.41, 5.74) is 0. The summed E-state index contributed by atoms with van der Waals surface area (Å²) in [6, 6.07) is -0.570. The van der Waals surface area contributed by atoms with Gasteiger partial charge in [0.25, 0.3) is 0 Å². The number of nitrogens with one attached hydrogen (secondary N) is 1. The van der Waals surface area contributed by atoms with Crippen LogP contribution in [0.15, 0.2) is 0 Å². The number of amides is 1. The minimum Gasteiger partial charge on any atom is -0.480 e. The van der Waals surface area contributed by atoms with Crippen molar-refractivity contribution >= 4 is 11.9 Å². The number of hydrogen-bond acceptors (Lipinski definition) is 3. The molecule has 0 saturated carbocycles. The van der Waals surface area contributed by atoms with Crippen molar-refractivity contribution in [3.63, 3.8) is 0 Å². The van der Waals surface area contributed by atoms with Crippen LogP contribution >= 0.6 is 0 Å². The number of rotatable bonds is 6. The number of carbonyl (C=O) groups is 2. The van der Waals surface area contributed by atoms with Gasteiger partial charge in [0.05, 0.1) is 0 Å². The van der Waals surface area contributed by atoms with E-state index in [4.69, 9.17) is 5.11 Å². The number of carbonyl (C=O) groups excluding carboxylic acids is 1. The Morgan fingerprint density at radius 3 is 2.12 bits per heavy atom. The van der Waals surface area contributed by atoms with Gasteiger partial charge in [-0.3, -0.25) is 14.5 Å². The van der Waals surface area contributed by atoms with Gasteiger partial charge in [0.2, 0.25) is 5.91 Å². The molecule has 16 heavy (non-hydrogen) atoms. The summed E-state index contributed by atoms with van der Waals surface area (Å²) in [4.78, 5) is 23.6. The molecule has 1 unspecified atom stereocenters. The van der Waals surface area contributed by atoms with E-state index in [1.165, 1.54) is 6.92 Å². The van der Waals surface area contributed by atoms with Gasteiger partial charge in [-0.05, 0) is 19.9 Å². The lowest BCUT2D eigenvalue weighted by molar-refractivity contribution is -0.144. The maximum Gasteiger partial charge on any atom is 0.321 e. The minimum absolute atomic E-state index is 0.0343. The molecule has 0 fully saturated rings. The van der Waals surface area contributed by atoms with Crippen molar-refractivity contribution in [2.75, 3.05) is 13.6 Å². The zero-order valence-electron chi connectivity index (χ0n) is 10.7. The molecule has 2 N–H and O–H groups in total. The number of likely N-dealkylation sites (N-methyl/N-ethyl adjacent to an activating group) is 1. The summed E-state index contributed by atoms with van der Waals surface area (Å²) in [6.45, 7) is 7.58. The van der Waals surface area contributed by atoms with E-state index in [0.717, 1.165) is 0 Å². The summed E-state index contributed by atoms with van der Waals surface area (Å²) in [6.07, 6.45) is 0. The number of carboxylic acids is 1. The molecule has 0 aromatic carbocycles. The summed E-state index contributed by atoms with van der Waals surface area (Å²) in [5.74, 6) is -0.892. The Morgan fingerprint density at radius 1 is 1.31 bits per heavy atom. The maximum absolute atomic E-state index is 11.1. The van der Waals surface area contributed by atoms with Gasteiger partial charge in [-0.2, -0.15) is 0 Å². The van der Waals surface area contributed by atoms with Gasteiger partial charge in [-0.1, -0.05) is 13.8 Å². The van der Waals surface area contributed by atoms with Crippen molar-refractivity contribution in [1.82, 2.24) is 10.2 Å². The SMILES string of the molecule is CC(=O)N[C@@H](C)CN(C)C(C(=O)O)C(C)C. The van der Waals surface area contributed by atoms with Crippen LogP contribution < -0.4 is 5.32 Å². The largest absolute Gasteiger partial charge is 0.480 e. The molecule has 0 aromatic rings. The second-order valence-corrected chi connectivity index (χ2v) is 4.57. The van der Waals surface area contributed by atoms with E-state index in [9.17, 15) is 9.59 Å². The van der Waals surface area contributed by atoms with E-state index in [2.05, 4.69) is 5.32 Å². The molecule has 0 aliphatic carbocycles. The molecular weight excluding hydrogens is 208 g/mol. The zero-order valence-corrected chi connectivity index (χ0v) is 10.7. The topological polar surface area (TPSA) is 69.6 Å². The van der Waals surface area contributed by atoms with Gasteiger partial charge in [0, 0.05) is 19.5 Å². The Labute approximate surface area is 96.8 Å². The van der Waals surface area contributed by atoms with Crippen LogP contribution in [0, 0.1) is 5.92 Å². The van der Waals surface area contributed by atoms with Crippen LogP contribution in [0.3, 0.4) is 0 Å². The third-order valence-electron chi connectivity index (χ3n) is 2.37. The summed E-state index contributed by atoms with van der Waals surface area (Å²) >= 11 is 0. The molecule has 0 rings (SSSR count). The highest BCUT2D eigenvalue weighted by Gasteiger charge is 2.26. The molecule has 0 aliphatic heterocycles. The van der Waals surface area contributed by atoms with Gasteiger partial charge in [-0.25, -0.2) is 0 Å². The lowest BCUT2D eigenvalue weighted by Crippen LogP contribution is -2.48. The second-order valence-electron chi connectivity index (χ2n) is 4.57. The average Bonchev–Trinajstić information content (AvgIpc) is 1.98. The van der Waals surface area contributed by atoms with Crippen molar-refractivity contribution in [2.45, 2.75) is 39.8 Å². The van der Waals surface area contributed by atoms with E-state index >= 15 is 0 Å². The molecule has 94 valence electrons. The van der Waals surface area contributed by atoms with Crippen molar-refractivity contribution in [1.29, 1.82) is 0 Å². The molecule has 0 saturated heterocycles. The smallest absolute Gasteiger partial charge is 0.321 e. The zero-order chi connectivity index (χ0) is 12.9. The predicted molar refractivity (Wildman–Crippen MR) is 62.2 cm³/mol. The van der Waals surface area contributed by atoms with E-state index in [-0.39, 0.29) is 17.9 Å². The highest BCUT2D eigenvalue weighted by molar-refractivity contribution is 5.74. The van der Waals surface area contributed by atoms with E-state index in [1.807, 2.05) is 20.8 Å². The van der Waals surface area contributed by atoms with Gasteiger partial charge in [0.15, 0.2) is 0 Å². The summed E-state index contributed by atoms with van der Waals surface area (Å²) in [7, 11) is 1.76. The van der Waals surface area contributed by atoms with Crippen LogP contribution in [0.1, 0.15) is 27.7 Å². The standard InChI is InChI=1S/C11H22N2O3/c1-7(2)10(11(15)16)13(5)6-8(3)12-9(4)14/h7-8,10H,6H2,1-5H3,(H,12,14)(H,15,16)/t8-,10?/m0/s1. The molecule has 0 spiro atoms. The molecule has 0 aliphatic rings. The molecule has 1 amide bonds. The fourth-order valence-electron chi connectivity index (χ4n) is 1.92. The molecule has 0 heterocycles. The third kappa shape index (κ3) is 5.11. The maximum atomic E-state index is 11.1. The molecular formula is C11H22N2O3. The van der Waals surface area contributed by atoms with Crippen molar-refractivity contribution < 1.29 is 14.7 Å². The summed E-state index contributed by atoms with van der Waals surface area (Å²) < 4.78 is 0. The first-order chi connectivity index (χ1) is 7.25. The lowest BCUT2D eigenvalue weighted by Gasteiger charge is -2.29. The fourth-order valence-corrected chi connectivity index (χ4v) is 1.92. The second kappa shape index (κ2) is 6.48. The highest BCUT2D eigenvalue weighted by atomic mass is 16.4. The summed E-state index contributed by atoms with van der Waals surface area (Å²) in [5, 5.41) is 11.8. The highest BCUT2D eigenvalue weighted by Crippen LogP contribution is 2.09. The van der Waals surface area contributed by atoms with Crippen LogP contribution in [-0.4, -0.2) is 47.6 Å². The minimum atomic E-state index is -0.826. The molecule has 5 heteroatoms. The van der Waals surface area contributed by atoms with E-state index in [1.54, 1.807) is 11.9 Å². The van der Waals surface area contributed by atoms with Gasteiger partial charge in [0.1, 0.15) is 6.04 Å². The van der Waals surface area contributed by atoms with Gasteiger partial charge < -0.3 is 10.4 Å². The number of carboxylic acid groups (broad SMARTS) is 1. The molecule has 2 atom stereocenters. The Kier molecular flexibility index (Phi) is 6.03. The number of hydrogen-bond donors (Lipinski definition) is 2. The number of nitrogens with zero attached hydrogens (tertiary/aromatic N) is 1. The van der Waals surface area contributed by atoms with E-state index in [0.29, 0.717) is 6.54 Å².